The predicted molar refractivity (Wildman–Crippen MR) is 122 cm³/mol. The summed E-state index contributed by atoms with van der Waals surface area (Å²) in [7, 11) is 0. The van der Waals surface area contributed by atoms with Crippen molar-refractivity contribution in [1.82, 2.24) is 10.2 Å². The predicted octanol–water partition coefficient (Wildman–Crippen LogP) is 4.36. The summed E-state index contributed by atoms with van der Waals surface area (Å²) in [4.78, 5) is 2.39. The van der Waals surface area contributed by atoms with Crippen LogP contribution in [0.5, 0.6) is 11.5 Å². The Morgan fingerprint density at radius 1 is 0.933 bits per heavy atom. The van der Waals surface area contributed by atoms with E-state index in [1.807, 2.05) is 50.2 Å². The summed E-state index contributed by atoms with van der Waals surface area (Å²) in [5, 5.41) is 4.80. The molecule has 1 aliphatic heterocycles. The number of morpholine rings is 1. The monoisotopic (exact) mass is 452 g/mol. The maximum absolute atomic E-state index is 6.32. The molecule has 7 heteroatoms. The van der Waals surface area contributed by atoms with Gasteiger partial charge >= 0.3 is 0 Å². The average Bonchev–Trinajstić information content (AvgIpc) is 2.73. The van der Waals surface area contributed by atoms with Crippen LogP contribution in [0.1, 0.15) is 11.1 Å². The van der Waals surface area contributed by atoms with E-state index in [0.717, 1.165) is 50.5 Å². The average molecular weight is 453 g/mol. The standard InChI is InChI=1S/C23H30Cl2N2O3/c1-17-5-3-7-20(24)22(17)29-15-19(26-9-10-27-11-13-28-14-12-27)16-30-23-18(2)6-4-8-21(23)25/h3-8,19,26H,9-16H2,1-2H3. The van der Waals surface area contributed by atoms with Crippen molar-refractivity contribution in [3.63, 3.8) is 0 Å². The summed E-state index contributed by atoms with van der Waals surface area (Å²) in [5.41, 5.74) is 2.02. The van der Waals surface area contributed by atoms with Crippen LogP contribution >= 0.6 is 23.2 Å². The minimum atomic E-state index is -0.0163. The highest BCUT2D eigenvalue weighted by atomic mass is 35.5. The zero-order valence-electron chi connectivity index (χ0n) is 17.6. The van der Waals surface area contributed by atoms with Crippen LogP contribution in [0.4, 0.5) is 0 Å². The minimum Gasteiger partial charge on any atom is -0.490 e. The molecule has 1 saturated heterocycles. The van der Waals surface area contributed by atoms with Crippen LogP contribution in [-0.2, 0) is 4.74 Å². The van der Waals surface area contributed by atoms with E-state index in [1.165, 1.54) is 0 Å². The van der Waals surface area contributed by atoms with E-state index >= 15 is 0 Å². The molecule has 0 aliphatic carbocycles. The molecule has 2 aromatic rings. The van der Waals surface area contributed by atoms with E-state index < -0.39 is 0 Å². The fraction of sp³-hybridized carbons (Fsp3) is 0.478. The third-order valence-electron chi connectivity index (χ3n) is 5.15. The molecular formula is C23H30Cl2N2O3. The van der Waals surface area contributed by atoms with E-state index in [2.05, 4.69) is 10.2 Å². The molecule has 2 aromatic carbocycles. The molecule has 0 saturated carbocycles. The quantitative estimate of drug-likeness (QED) is 0.579. The van der Waals surface area contributed by atoms with Crippen LogP contribution in [0.25, 0.3) is 0 Å². The van der Waals surface area contributed by atoms with Crippen LogP contribution in [-0.4, -0.2) is 63.5 Å². The Hall–Kier alpha value is -1.50. The Bertz CT molecular complexity index is 717. The van der Waals surface area contributed by atoms with Crippen molar-refractivity contribution in [2.24, 2.45) is 0 Å². The van der Waals surface area contributed by atoms with Crippen molar-refractivity contribution in [2.75, 3.05) is 52.6 Å². The highest BCUT2D eigenvalue weighted by molar-refractivity contribution is 6.32. The van der Waals surface area contributed by atoms with E-state index in [-0.39, 0.29) is 6.04 Å². The lowest BCUT2D eigenvalue weighted by atomic mass is 10.2. The van der Waals surface area contributed by atoms with Gasteiger partial charge in [0, 0.05) is 26.2 Å². The topological polar surface area (TPSA) is 43.0 Å². The van der Waals surface area contributed by atoms with Gasteiger partial charge in [0.1, 0.15) is 24.7 Å². The number of nitrogens with zero attached hydrogens (tertiary/aromatic N) is 1. The lowest BCUT2D eigenvalue weighted by Gasteiger charge is -2.28. The van der Waals surface area contributed by atoms with Gasteiger partial charge in [-0.2, -0.15) is 0 Å². The molecule has 30 heavy (non-hydrogen) atoms. The largest absolute Gasteiger partial charge is 0.490 e. The number of para-hydroxylation sites is 2. The second kappa shape index (κ2) is 11.8. The second-order valence-corrected chi connectivity index (χ2v) is 8.31. The number of aryl methyl sites for hydroxylation is 2. The van der Waals surface area contributed by atoms with E-state index in [9.17, 15) is 0 Å². The second-order valence-electron chi connectivity index (χ2n) is 7.50. The maximum Gasteiger partial charge on any atom is 0.140 e. The van der Waals surface area contributed by atoms with Crippen molar-refractivity contribution in [3.8, 4) is 11.5 Å². The van der Waals surface area contributed by atoms with E-state index in [4.69, 9.17) is 37.4 Å². The summed E-state index contributed by atoms with van der Waals surface area (Å²) in [6, 6.07) is 11.5. The van der Waals surface area contributed by atoms with Crippen molar-refractivity contribution >= 4 is 23.2 Å². The number of benzene rings is 2. The molecule has 1 aliphatic rings. The third-order valence-corrected chi connectivity index (χ3v) is 5.75. The molecule has 3 rings (SSSR count). The fourth-order valence-corrected chi connectivity index (χ4v) is 3.94. The van der Waals surface area contributed by atoms with Crippen LogP contribution in [0.2, 0.25) is 10.0 Å². The summed E-state index contributed by atoms with van der Waals surface area (Å²) >= 11 is 12.6. The van der Waals surface area contributed by atoms with E-state index in [0.29, 0.717) is 34.8 Å². The summed E-state index contributed by atoms with van der Waals surface area (Å²) in [5.74, 6) is 1.43. The first-order chi connectivity index (χ1) is 14.5. The molecule has 0 bridgehead atoms. The Labute approximate surface area is 189 Å². The molecule has 1 N–H and O–H groups in total. The van der Waals surface area contributed by atoms with Gasteiger partial charge in [0.2, 0.25) is 0 Å². The Morgan fingerprint density at radius 2 is 1.47 bits per heavy atom. The van der Waals surface area contributed by atoms with Crippen LogP contribution < -0.4 is 14.8 Å². The number of hydrogen-bond donors (Lipinski definition) is 1. The van der Waals surface area contributed by atoms with Gasteiger partial charge < -0.3 is 19.5 Å². The number of rotatable bonds is 10. The molecular weight excluding hydrogens is 423 g/mol. The molecule has 5 nitrogen and oxygen atoms in total. The number of nitrogens with one attached hydrogen (secondary N) is 1. The highest BCUT2D eigenvalue weighted by Gasteiger charge is 2.16. The van der Waals surface area contributed by atoms with Crippen molar-refractivity contribution in [1.29, 1.82) is 0 Å². The first-order valence-corrected chi connectivity index (χ1v) is 11.1. The first-order valence-electron chi connectivity index (χ1n) is 10.3. The summed E-state index contributed by atoms with van der Waals surface area (Å²) < 4.78 is 17.6. The molecule has 0 spiro atoms. The molecule has 0 unspecified atom stereocenters. The van der Waals surface area contributed by atoms with Crippen molar-refractivity contribution in [3.05, 3.63) is 57.6 Å². The minimum absolute atomic E-state index is 0.0163. The van der Waals surface area contributed by atoms with Gasteiger partial charge in [0.25, 0.3) is 0 Å². The Balaban J connectivity index is 1.59. The lowest BCUT2D eigenvalue weighted by molar-refractivity contribution is 0.0376. The first kappa shape index (κ1) is 23.2. The van der Waals surface area contributed by atoms with Gasteiger partial charge in [-0.05, 0) is 37.1 Å². The van der Waals surface area contributed by atoms with Gasteiger partial charge in [-0.3, -0.25) is 4.90 Å². The van der Waals surface area contributed by atoms with Gasteiger partial charge in [-0.15, -0.1) is 0 Å². The SMILES string of the molecule is Cc1cccc(Cl)c1OCC(COc1c(C)cccc1Cl)NCCN1CCOCC1. The van der Waals surface area contributed by atoms with Gasteiger partial charge in [0.15, 0.2) is 0 Å². The normalized spacial score (nSPS) is 14.8. The fourth-order valence-electron chi connectivity index (χ4n) is 3.38. The third kappa shape index (κ3) is 6.76. The van der Waals surface area contributed by atoms with E-state index in [1.54, 1.807) is 0 Å². The smallest absolute Gasteiger partial charge is 0.140 e. The zero-order valence-corrected chi connectivity index (χ0v) is 19.1. The molecule has 0 aromatic heterocycles. The maximum atomic E-state index is 6.32. The van der Waals surface area contributed by atoms with Crippen LogP contribution in [0, 0.1) is 13.8 Å². The van der Waals surface area contributed by atoms with Crippen molar-refractivity contribution < 1.29 is 14.2 Å². The lowest BCUT2D eigenvalue weighted by Crippen LogP contribution is -2.45. The Kier molecular flexibility index (Phi) is 9.09. The molecule has 0 radical (unpaired) electrons. The van der Waals surface area contributed by atoms with Crippen LogP contribution in [0.3, 0.4) is 0 Å². The van der Waals surface area contributed by atoms with Crippen LogP contribution in [0.15, 0.2) is 36.4 Å². The van der Waals surface area contributed by atoms with Gasteiger partial charge in [0.05, 0.1) is 29.3 Å². The van der Waals surface area contributed by atoms with Gasteiger partial charge in [-0.25, -0.2) is 0 Å². The zero-order chi connectivity index (χ0) is 21.3. The number of halogens is 2. The van der Waals surface area contributed by atoms with Gasteiger partial charge in [-0.1, -0.05) is 47.5 Å². The molecule has 0 atom stereocenters. The molecule has 164 valence electrons. The molecule has 0 amide bonds. The summed E-state index contributed by atoms with van der Waals surface area (Å²) in [6.07, 6.45) is 0. The highest BCUT2D eigenvalue weighted by Crippen LogP contribution is 2.29. The molecule has 1 heterocycles. The number of hydrogen-bond acceptors (Lipinski definition) is 5. The summed E-state index contributed by atoms with van der Waals surface area (Å²) in [6.45, 7) is 10.2. The number of ether oxygens (including phenoxy) is 3. The van der Waals surface area contributed by atoms with Crippen molar-refractivity contribution in [2.45, 2.75) is 19.9 Å². The Morgan fingerprint density at radius 3 is 1.97 bits per heavy atom. The molecule has 1 fully saturated rings.